The van der Waals surface area contributed by atoms with Crippen LogP contribution < -0.4 is 4.72 Å². The second-order valence-electron chi connectivity index (χ2n) is 5.92. The van der Waals surface area contributed by atoms with Gasteiger partial charge in [0.25, 0.3) is 0 Å². The molecule has 0 saturated heterocycles. The second-order valence-corrected chi connectivity index (χ2v) is 7.63. The predicted molar refractivity (Wildman–Crippen MR) is 87.5 cm³/mol. The molecule has 1 aliphatic rings. The maximum Gasteiger partial charge on any atom is 0.241 e. The van der Waals surface area contributed by atoms with Gasteiger partial charge in [-0.1, -0.05) is 6.42 Å². The van der Waals surface area contributed by atoms with E-state index in [-0.39, 0.29) is 4.90 Å². The summed E-state index contributed by atoms with van der Waals surface area (Å²) in [6, 6.07) is 7.32. The fourth-order valence-corrected chi connectivity index (χ4v) is 4.09. The van der Waals surface area contributed by atoms with Crippen molar-refractivity contribution in [2.75, 3.05) is 0 Å². The van der Waals surface area contributed by atoms with Gasteiger partial charge in [-0.2, -0.15) is 5.26 Å². The summed E-state index contributed by atoms with van der Waals surface area (Å²) in [5, 5.41) is 17.2. The first-order valence-electron chi connectivity index (χ1n) is 7.96. The molecule has 1 aromatic carbocycles. The van der Waals surface area contributed by atoms with Crippen molar-refractivity contribution in [1.82, 2.24) is 19.5 Å². The van der Waals surface area contributed by atoms with Crippen molar-refractivity contribution in [3.05, 3.63) is 41.5 Å². The Bertz CT molecular complexity index is 865. The number of aryl methyl sites for hydroxylation is 1. The maximum absolute atomic E-state index is 12.5. The molecule has 3 rings (SSSR count). The lowest BCUT2D eigenvalue weighted by atomic mass is 10.2. The molecule has 1 aliphatic heterocycles. The van der Waals surface area contributed by atoms with Gasteiger partial charge in [0.15, 0.2) is 5.82 Å². The van der Waals surface area contributed by atoms with Crippen molar-refractivity contribution < 1.29 is 8.42 Å². The van der Waals surface area contributed by atoms with E-state index < -0.39 is 16.1 Å². The lowest BCUT2D eigenvalue weighted by molar-refractivity contribution is 0.534. The molecular formula is C16H19N5O2S. The number of aromatic nitrogens is 3. The first-order valence-corrected chi connectivity index (χ1v) is 9.44. The van der Waals surface area contributed by atoms with Crippen LogP contribution in [0.2, 0.25) is 0 Å². The highest BCUT2D eigenvalue weighted by Crippen LogP contribution is 2.20. The van der Waals surface area contributed by atoms with Crippen LogP contribution in [-0.4, -0.2) is 23.2 Å². The van der Waals surface area contributed by atoms with Gasteiger partial charge >= 0.3 is 0 Å². The van der Waals surface area contributed by atoms with Crippen molar-refractivity contribution in [3.63, 3.8) is 0 Å². The summed E-state index contributed by atoms with van der Waals surface area (Å²) < 4.78 is 29.7. The van der Waals surface area contributed by atoms with Gasteiger partial charge in [-0.25, -0.2) is 13.1 Å². The van der Waals surface area contributed by atoms with E-state index >= 15 is 0 Å². The van der Waals surface area contributed by atoms with Gasteiger partial charge in [0.1, 0.15) is 5.82 Å². The molecule has 0 bridgehead atoms. The molecule has 0 radical (unpaired) electrons. The molecule has 126 valence electrons. The number of hydrogen-bond donors (Lipinski definition) is 1. The van der Waals surface area contributed by atoms with E-state index in [4.69, 9.17) is 5.26 Å². The number of nitrogens with zero attached hydrogens (tertiary/aromatic N) is 4. The summed E-state index contributed by atoms with van der Waals surface area (Å²) in [5.41, 5.74) is 0.421. The molecule has 0 spiro atoms. The Labute approximate surface area is 141 Å². The summed E-state index contributed by atoms with van der Waals surface area (Å²) in [4.78, 5) is 0.129. The van der Waals surface area contributed by atoms with E-state index in [1.807, 2.05) is 10.6 Å². The monoisotopic (exact) mass is 345 g/mol. The third-order valence-electron chi connectivity index (χ3n) is 4.15. The number of benzene rings is 1. The minimum atomic E-state index is -3.69. The molecule has 0 saturated carbocycles. The van der Waals surface area contributed by atoms with E-state index in [1.165, 1.54) is 24.3 Å². The van der Waals surface area contributed by atoms with Gasteiger partial charge in [0, 0.05) is 13.0 Å². The van der Waals surface area contributed by atoms with Crippen molar-refractivity contribution in [2.24, 2.45) is 0 Å². The Morgan fingerprint density at radius 3 is 2.67 bits per heavy atom. The van der Waals surface area contributed by atoms with Crippen LogP contribution in [0.15, 0.2) is 29.2 Å². The third kappa shape index (κ3) is 3.32. The number of nitriles is 1. The lowest BCUT2D eigenvalue weighted by Crippen LogP contribution is -2.29. The number of sulfonamides is 1. The van der Waals surface area contributed by atoms with Crippen LogP contribution >= 0.6 is 0 Å². The number of fused-ring (bicyclic) bond motifs is 1. The number of nitrogens with one attached hydrogen (secondary N) is 1. The van der Waals surface area contributed by atoms with Gasteiger partial charge < -0.3 is 4.57 Å². The van der Waals surface area contributed by atoms with Gasteiger partial charge in [-0.15, -0.1) is 10.2 Å². The average Bonchev–Trinajstić information content (AvgIpc) is 2.83. The SMILES string of the molecule is C[C@H](NS(=O)(=O)c1ccc(C#N)cc1)c1nnc2n1CCCCC2. The van der Waals surface area contributed by atoms with Gasteiger partial charge in [0.2, 0.25) is 10.0 Å². The largest absolute Gasteiger partial charge is 0.314 e. The minimum absolute atomic E-state index is 0.129. The van der Waals surface area contributed by atoms with Gasteiger partial charge in [-0.3, -0.25) is 0 Å². The van der Waals surface area contributed by atoms with E-state index in [9.17, 15) is 8.42 Å². The van der Waals surface area contributed by atoms with E-state index in [0.717, 1.165) is 38.1 Å². The summed E-state index contributed by atoms with van der Waals surface area (Å²) in [6.07, 6.45) is 4.16. The molecule has 2 heterocycles. The molecule has 7 nitrogen and oxygen atoms in total. The number of hydrogen-bond acceptors (Lipinski definition) is 5. The minimum Gasteiger partial charge on any atom is -0.314 e. The quantitative estimate of drug-likeness (QED) is 0.912. The summed E-state index contributed by atoms with van der Waals surface area (Å²) in [7, 11) is -3.69. The highest BCUT2D eigenvalue weighted by molar-refractivity contribution is 7.89. The Morgan fingerprint density at radius 2 is 1.96 bits per heavy atom. The first kappa shape index (κ1) is 16.6. The summed E-state index contributed by atoms with van der Waals surface area (Å²) >= 11 is 0. The number of rotatable bonds is 4. The van der Waals surface area contributed by atoms with Crippen LogP contribution in [0.3, 0.4) is 0 Å². The zero-order valence-corrected chi connectivity index (χ0v) is 14.3. The molecule has 2 aromatic rings. The fraction of sp³-hybridized carbons (Fsp3) is 0.438. The Kier molecular flexibility index (Phi) is 4.64. The molecule has 0 fully saturated rings. The molecule has 1 aromatic heterocycles. The molecule has 0 aliphatic carbocycles. The second kappa shape index (κ2) is 6.71. The normalized spacial score (nSPS) is 16.0. The Morgan fingerprint density at radius 1 is 1.21 bits per heavy atom. The smallest absolute Gasteiger partial charge is 0.241 e. The van der Waals surface area contributed by atoms with E-state index in [0.29, 0.717) is 11.4 Å². The summed E-state index contributed by atoms with van der Waals surface area (Å²) in [6.45, 7) is 2.59. The van der Waals surface area contributed by atoms with Crippen LogP contribution in [0.1, 0.15) is 49.4 Å². The van der Waals surface area contributed by atoms with Crippen LogP contribution in [-0.2, 0) is 23.0 Å². The molecule has 24 heavy (non-hydrogen) atoms. The lowest BCUT2D eigenvalue weighted by Gasteiger charge is -2.15. The first-order chi connectivity index (χ1) is 11.5. The van der Waals surface area contributed by atoms with Crippen molar-refractivity contribution in [3.8, 4) is 6.07 Å². The van der Waals surface area contributed by atoms with Crippen molar-refractivity contribution in [2.45, 2.75) is 50.1 Å². The van der Waals surface area contributed by atoms with Gasteiger partial charge in [0.05, 0.1) is 22.6 Å². The van der Waals surface area contributed by atoms with Crippen LogP contribution in [0.4, 0.5) is 0 Å². The topological polar surface area (TPSA) is 101 Å². The zero-order chi connectivity index (χ0) is 17.2. The predicted octanol–water partition coefficient (Wildman–Crippen LogP) is 1.92. The van der Waals surface area contributed by atoms with Crippen LogP contribution in [0.5, 0.6) is 0 Å². The maximum atomic E-state index is 12.5. The standard InChI is InChI=1S/C16H19N5O2S/c1-12(16-19-18-15-5-3-2-4-10-21(15)16)20-24(22,23)14-8-6-13(11-17)7-9-14/h6-9,12,20H,2-5,10H2,1H3/t12-/m0/s1. The fourth-order valence-electron chi connectivity index (χ4n) is 2.89. The highest BCUT2D eigenvalue weighted by atomic mass is 32.2. The van der Waals surface area contributed by atoms with Crippen LogP contribution in [0.25, 0.3) is 0 Å². The van der Waals surface area contributed by atoms with E-state index in [2.05, 4.69) is 14.9 Å². The Hall–Kier alpha value is -2.24. The van der Waals surface area contributed by atoms with Crippen molar-refractivity contribution >= 4 is 10.0 Å². The summed E-state index contributed by atoms with van der Waals surface area (Å²) in [5.74, 6) is 1.57. The Balaban J connectivity index is 1.82. The van der Waals surface area contributed by atoms with Crippen LogP contribution in [0, 0.1) is 11.3 Å². The van der Waals surface area contributed by atoms with E-state index in [1.54, 1.807) is 6.92 Å². The van der Waals surface area contributed by atoms with Crippen molar-refractivity contribution in [1.29, 1.82) is 5.26 Å². The molecule has 8 heteroatoms. The molecule has 0 unspecified atom stereocenters. The van der Waals surface area contributed by atoms with Gasteiger partial charge in [-0.05, 0) is 44.0 Å². The highest BCUT2D eigenvalue weighted by Gasteiger charge is 2.24. The molecule has 0 amide bonds. The molecule has 1 N–H and O–H groups in total. The third-order valence-corrected chi connectivity index (χ3v) is 5.71. The molecule has 1 atom stereocenters. The average molecular weight is 345 g/mol. The zero-order valence-electron chi connectivity index (χ0n) is 13.4. The molecular weight excluding hydrogens is 326 g/mol.